The van der Waals surface area contributed by atoms with Crippen LogP contribution in [0, 0.1) is 5.82 Å². The molecule has 3 rings (SSSR count). The number of ether oxygens (including phenoxy) is 2. The van der Waals surface area contributed by atoms with E-state index < -0.39 is 6.10 Å². The van der Waals surface area contributed by atoms with Gasteiger partial charge < -0.3 is 14.8 Å². The summed E-state index contributed by atoms with van der Waals surface area (Å²) >= 11 is 1.52. The fourth-order valence-corrected chi connectivity index (χ4v) is 3.37. The minimum Gasteiger partial charge on any atom is -0.497 e. The molecule has 0 aliphatic carbocycles. The fourth-order valence-electron chi connectivity index (χ4n) is 2.55. The predicted octanol–water partition coefficient (Wildman–Crippen LogP) is 4.43. The topological polar surface area (TPSA) is 60.5 Å². The van der Waals surface area contributed by atoms with Crippen LogP contribution in [-0.2, 0) is 11.3 Å². The van der Waals surface area contributed by atoms with Gasteiger partial charge in [0.05, 0.1) is 19.3 Å². The molecule has 5 nitrogen and oxygen atoms in total. The summed E-state index contributed by atoms with van der Waals surface area (Å²) in [5, 5.41) is 5.65. The molecule has 0 aliphatic heterocycles. The highest BCUT2D eigenvalue weighted by atomic mass is 32.1. The van der Waals surface area contributed by atoms with E-state index in [4.69, 9.17) is 9.47 Å². The average molecular weight is 400 g/mol. The van der Waals surface area contributed by atoms with E-state index in [0.717, 1.165) is 22.0 Å². The van der Waals surface area contributed by atoms with Crippen LogP contribution in [-0.4, -0.2) is 24.1 Å². The number of amides is 1. The van der Waals surface area contributed by atoms with Gasteiger partial charge in [-0.05, 0) is 55.0 Å². The third-order valence-electron chi connectivity index (χ3n) is 4.09. The van der Waals surface area contributed by atoms with E-state index in [1.165, 1.54) is 35.6 Å². The molecule has 1 unspecified atom stereocenters. The number of benzene rings is 2. The Morgan fingerprint density at radius 3 is 2.46 bits per heavy atom. The van der Waals surface area contributed by atoms with Crippen LogP contribution in [0.2, 0.25) is 0 Å². The molecule has 0 fully saturated rings. The number of thiazole rings is 1. The normalized spacial score (nSPS) is 11.7. The molecule has 1 N–H and O–H groups in total. The van der Waals surface area contributed by atoms with Crippen molar-refractivity contribution in [1.29, 1.82) is 0 Å². The number of nitrogens with zero attached hydrogens (tertiary/aromatic N) is 1. The Labute approximate surface area is 167 Å². The summed E-state index contributed by atoms with van der Waals surface area (Å²) < 4.78 is 23.8. The highest BCUT2D eigenvalue weighted by molar-refractivity contribution is 7.13. The van der Waals surface area contributed by atoms with Gasteiger partial charge in [-0.1, -0.05) is 6.92 Å². The van der Waals surface area contributed by atoms with Crippen molar-refractivity contribution >= 4 is 17.2 Å². The number of halogens is 1. The third-order valence-corrected chi connectivity index (χ3v) is 5.03. The van der Waals surface area contributed by atoms with E-state index in [-0.39, 0.29) is 11.7 Å². The highest BCUT2D eigenvalue weighted by Crippen LogP contribution is 2.25. The minimum atomic E-state index is -0.648. The number of hydrogen-bond donors (Lipinski definition) is 1. The van der Waals surface area contributed by atoms with Crippen LogP contribution in [0.15, 0.2) is 53.9 Å². The molecule has 7 heteroatoms. The summed E-state index contributed by atoms with van der Waals surface area (Å²) in [4.78, 5) is 17.0. The van der Waals surface area contributed by atoms with Crippen molar-refractivity contribution in [2.24, 2.45) is 0 Å². The largest absolute Gasteiger partial charge is 0.497 e. The minimum absolute atomic E-state index is 0.231. The van der Waals surface area contributed by atoms with Crippen molar-refractivity contribution < 1.29 is 18.7 Å². The molecule has 1 heterocycles. The highest BCUT2D eigenvalue weighted by Gasteiger charge is 2.18. The van der Waals surface area contributed by atoms with Crippen LogP contribution in [0.4, 0.5) is 4.39 Å². The smallest absolute Gasteiger partial charge is 0.261 e. The molecule has 0 aliphatic rings. The molecule has 0 saturated carbocycles. The maximum atomic E-state index is 13.0. The maximum Gasteiger partial charge on any atom is 0.261 e. The van der Waals surface area contributed by atoms with E-state index >= 15 is 0 Å². The second-order valence-electron chi connectivity index (χ2n) is 6.06. The second-order valence-corrected chi connectivity index (χ2v) is 6.92. The van der Waals surface area contributed by atoms with Gasteiger partial charge in [0.2, 0.25) is 0 Å². The monoisotopic (exact) mass is 400 g/mol. The summed E-state index contributed by atoms with van der Waals surface area (Å²) in [5.74, 6) is 0.672. The number of hydrogen-bond acceptors (Lipinski definition) is 5. The number of rotatable bonds is 8. The van der Waals surface area contributed by atoms with Gasteiger partial charge in [0, 0.05) is 10.9 Å². The first-order chi connectivity index (χ1) is 13.6. The van der Waals surface area contributed by atoms with Crippen molar-refractivity contribution in [2.45, 2.75) is 26.0 Å². The van der Waals surface area contributed by atoms with Crippen LogP contribution >= 0.6 is 11.3 Å². The fraction of sp³-hybridized carbons (Fsp3) is 0.238. The van der Waals surface area contributed by atoms with Gasteiger partial charge in [-0.25, -0.2) is 9.37 Å². The Morgan fingerprint density at radius 1 is 1.14 bits per heavy atom. The first-order valence-electron chi connectivity index (χ1n) is 8.87. The van der Waals surface area contributed by atoms with Crippen LogP contribution in [0.5, 0.6) is 11.5 Å². The Balaban J connectivity index is 1.57. The van der Waals surface area contributed by atoms with Crippen molar-refractivity contribution in [3.8, 4) is 22.1 Å². The van der Waals surface area contributed by atoms with Gasteiger partial charge in [0.15, 0.2) is 6.10 Å². The summed E-state index contributed by atoms with van der Waals surface area (Å²) in [6.45, 7) is 2.17. The number of methoxy groups -OCH3 is 1. The molecule has 0 spiro atoms. The molecule has 0 bridgehead atoms. The van der Waals surface area contributed by atoms with Crippen LogP contribution in [0.25, 0.3) is 10.6 Å². The third kappa shape index (κ3) is 5.07. The Morgan fingerprint density at radius 2 is 1.82 bits per heavy atom. The zero-order valence-corrected chi connectivity index (χ0v) is 16.5. The van der Waals surface area contributed by atoms with Crippen molar-refractivity contribution in [3.05, 3.63) is 65.4 Å². The molecule has 146 valence electrons. The van der Waals surface area contributed by atoms with Gasteiger partial charge >= 0.3 is 0 Å². The predicted molar refractivity (Wildman–Crippen MR) is 107 cm³/mol. The Hall–Kier alpha value is -2.93. The van der Waals surface area contributed by atoms with Crippen LogP contribution in [0.1, 0.15) is 19.0 Å². The summed E-state index contributed by atoms with van der Waals surface area (Å²) in [6, 6.07) is 13.3. The van der Waals surface area contributed by atoms with Crippen LogP contribution < -0.4 is 14.8 Å². The van der Waals surface area contributed by atoms with E-state index in [2.05, 4.69) is 10.3 Å². The van der Waals surface area contributed by atoms with Gasteiger partial charge in [0.1, 0.15) is 22.3 Å². The summed E-state index contributed by atoms with van der Waals surface area (Å²) in [7, 11) is 1.63. The summed E-state index contributed by atoms with van der Waals surface area (Å²) in [6.07, 6.45) is -0.151. The first kappa shape index (κ1) is 19.8. The molecule has 1 amide bonds. The van der Waals surface area contributed by atoms with E-state index in [1.54, 1.807) is 7.11 Å². The zero-order valence-electron chi connectivity index (χ0n) is 15.6. The zero-order chi connectivity index (χ0) is 19.9. The first-order valence-corrected chi connectivity index (χ1v) is 9.75. The Kier molecular flexibility index (Phi) is 6.60. The number of aromatic nitrogens is 1. The molecule has 3 aromatic rings. The molecular weight excluding hydrogens is 379 g/mol. The lowest BCUT2D eigenvalue weighted by Crippen LogP contribution is -2.37. The van der Waals surface area contributed by atoms with Crippen LogP contribution in [0.3, 0.4) is 0 Å². The molecule has 1 aromatic heterocycles. The summed E-state index contributed by atoms with van der Waals surface area (Å²) in [5.41, 5.74) is 1.77. The number of carbonyl (C=O) groups is 1. The maximum absolute atomic E-state index is 13.0. The lowest BCUT2D eigenvalue weighted by atomic mass is 10.2. The lowest BCUT2D eigenvalue weighted by molar-refractivity contribution is -0.128. The quantitative estimate of drug-likeness (QED) is 0.608. The molecule has 1 atom stereocenters. The molecule has 2 aromatic carbocycles. The number of carbonyl (C=O) groups excluding carboxylic acids is 1. The van der Waals surface area contributed by atoms with Gasteiger partial charge in [0.25, 0.3) is 5.91 Å². The molecule has 0 radical (unpaired) electrons. The molecular formula is C21H21FN2O3S. The second kappa shape index (κ2) is 9.32. The van der Waals surface area contributed by atoms with Crippen molar-refractivity contribution in [2.75, 3.05) is 7.11 Å². The number of nitrogens with one attached hydrogen (secondary N) is 1. The molecule has 0 saturated heterocycles. The molecule has 28 heavy (non-hydrogen) atoms. The lowest BCUT2D eigenvalue weighted by Gasteiger charge is -2.17. The van der Waals surface area contributed by atoms with Gasteiger partial charge in [-0.3, -0.25) is 4.79 Å². The average Bonchev–Trinajstić information content (AvgIpc) is 3.20. The van der Waals surface area contributed by atoms with E-state index in [9.17, 15) is 9.18 Å². The van der Waals surface area contributed by atoms with E-state index in [0.29, 0.717) is 18.7 Å². The van der Waals surface area contributed by atoms with E-state index in [1.807, 2.05) is 36.6 Å². The standard InChI is InChI=1S/C21H21FN2O3S/c1-3-19(27-18-10-6-15(22)7-11-18)20(25)23-12-16-13-28-21(24-16)14-4-8-17(26-2)9-5-14/h4-11,13,19H,3,12H2,1-2H3,(H,23,25). The Bertz CT molecular complexity index is 910. The van der Waals surface area contributed by atoms with Gasteiger partial charge in [-0.2, -0.15) is 0 Å². The van der Waals surface area contributed by atoms with Crippen molar-refractivity contribution in [1.82, 2.24) is 10.3 Å². The van der Waals surface area contributed by atoms with Gasteiger partial charge in [-0.15, -0.1) is 11.3 Å². The SMILES string of the molecule is CCC(Oc1ccc(F)cc1)C(=O)NCc1csc(-c2ccc(OC)cc2)n1. The van der Waals surface area contributed by atoms with Crippen molar-refractivity contribution in [3.63, 3.8) is 0 Å².